The van der Waals surface area contributed by atoms with Crippen molar-refractivity contribution in [2.45, 2.75) is 0 Å². The summed E-state index contributed by atoms with van der Waals surface area (Å²) in [5, 5.41) is 7.25. The van der Waals surface area contributed by atoms with Crippen molar-refractivity contribution < 1.29 is 0 Å². The highest BCUT2D eigenvalue weighted by molar-refractivity contribution is 9.10. The number of pyridine rings is 1. The van der Waals surface area contributed by atoms with E-state index in [9.17, 15) is 0 Å². The molecule has 0 saturated carbocycles. The molecule has 5 aromatic rings. The van der Waals surface area contributed by atoms with E-state index in [1.165, 1.54) is 0 Å². The molecular weight excluding hydrogens is 481 g/mol. The van der Waals surface area contributed by atoms with Crippen LogP contribution in [0, 0.1) is 0 Å². The molecule has 0 amide bonds. The molecule has 0 fully saturated rings. The van der Waals surface area contributed by atoms with Crippen molar-refractivity contribution in [1.29, 1.82) is 0 Å². The van der Waals surface area contributed by atoms with E-state index in [0.717, 1.165) is 43.6 Å². The lowest BCUT2D eigenvalue weighted by Gasteiger charge is -2.06. The lowest BCUT2D eigenvalue weighted by atomic mass is 10.00. The van der Waals surface area contributed by atoms with Gasteiger partial charge in [0, 0.05) is 26.3 Å². The summed E-state index contributed by atoms with van der Waals surface area (Å²) in [7, 11) is 0. The molecule has 0 aliphatic rings. The molecule has 0 saturated heterocycles. The number of hydrogen-bond donors (Lipinski definition) is 0. The summed E-state index contributed by atoms with van der Waals surface area (Å²) in [6, 6.07) is 25.6. The zero-order chi connectivity index (χ0) is 20.7. The number of hydrogen-bond acceptors (Lipinski definition) is 2. The number of halogens is 3. The number of nitrogens with zero attached hydrogens (tertiary/aromatic N) is 3. The fourth-order valence-electron chi connectivity index (χ4n) is 3.51. The van der Waals surface area contributed by atoms with Crippen molar-refractivity contribution in [2.75, 3.05) is 0 Å². The SMILES string of the molecule is Clc1ccc(-c2nn(-c3cccc(Cl)c3)c3nccc(-c4ccc(Br)cc4)c23)cc1. The predicted molar refractivity (Wildman–Crippen MR) is 127 cm³/mol. The molecule has 0 aliphatic heterocycles. The maximum Gasteiger partial charge on any atom is 0.164 e. The zero-order valence-corrected chi connectivity index (χ0v) is 18.7. The van der Waals surface area contributed by atoms with E-state index in [0.29, 0.717) is 10.0 Å². The van der Waals surface area contributed by atoms with Crippen LogP contribution in [0.1, 0.15) is 0 Å². The summed E-state index contributed by atoms with van der Waals surface area (Å²) in [5.41, 5.74) is 5.58. The fraction of sp³-hybridized carbons (Fsp3) is 0. The van der Waals surface area contributed by atoms with E-state index in [1.54, 1.807) is 0 Å². The predicted octanol–water partition coefficient (Wildman–Crippen LogP) is 7.82. The van der Waals surface area contributed by atoms with Crippen LogP contribution >= 0.6 is 39.1 Å². The van der Waals surface area contributed by atoms with Crippen molar-refractivity contribution in [3.63, 3.8) is 0 Å². The highest BCUT2D eigenvalue weighted by Crippen LogP contribution is 2.37. The highest BCUT2D eigenvalue weighted by Gasteiger charge is 2.19. The molecule has 146 valence electrons. The Morgan fingerprint density at radius 1 is 0.767 bits per heavy atom. The van der Waals surface area contributed by atoms with Crippen LogP contribution in [0.2, 0.25) is 10.0 Å². The monoisotopic (exact) mass is 493 g/mol. The average Bonchev–Trinajstić information content (AvgIpc) is 3.15. The van der Waals surface area contributed by atoms with Crippen LogP contribution in [-0.2, 0) is 0 Å². The molecule has 0 N–H and O–H groups in total. The first-order valence-corrected chi connectivity index (χ1v) is 10.8. The highest BCUT2D eigenvalue weighted by atomic mass is 79.9. The quantitative estimate of drug-likeness (QED) is 0.256. The number of benzene rings is 3. The third kappa shape index (κ3) is 3.52. The molecule has 5 rings (SSSR count). The van der Waals surface area contributed by atoms with E-state index < -0.39 is 0 Å². The van der Waals surface area contributed by atoms with E-state index in [1.807, 2.05) is 77.6 Å². The Bertz CT molecular complexity index is 1360. The van der Waals surface area contributed by atoms with E-state index in [-0.39, 0.29) is 0 Å². The molecule has 3 aromatic carbocycles. The van der Waals surface area contributed by atoms with Crippen LogP contribution in [0.15, 0.2) is 89.5 Å². The first-order chi connectivity index (χ1) is 14.6. The maximum atomic E-state index is 6.25. The summed E-state index contributed by atoms with van der Waals surface area (Å²) in [5.74, 6) is 0. The molecule has 6 heteroatoms. The van der Waals surface area contributed by atoms with Gasteiger partial charge in [-0.05, 0) is 59.7 Å². The summed E-state index contributed by atoms with van der Waals surface area (Å²) < 4.78 is 2.87. The molecule has 0 aliphatic carbocycles. The zero-order valence-electron chi connectivity index (χ0n) is 15.6. The first kappa shape index (κ1) is 19.3. The second kappa shape index (κ2) is 7.88. The Labute approximate surface area is 192 Å². The number of rotatable bonds is 3. The Morgan fingerprint density at radius 3 is 2.23 bits per heavy atom. The van der Waals surface area contributed by atoms with Gasteiger partial charge in [-0.3, -0.25) is 0 Å². The van der Waals surface area contributed by atoms with Gasteiger partial charge < -0.3 is 0 Å². The van der Waals surface area contributed by atoms with Gasteiger partial charge in [0.2, 0.25) is 0 Å². The van der Waals surface area contributed by atoms with Crippen molar-refractivity contribution in [3.05, 3.63) is 99.6 Å². The van der Waals surface area contributed by atoms with Crippen molar-refractivity contribution in [3.8, 4) is 28.1 Å². The minimum atomic E-state index is 0.647. The van der Waals surface area contributed by atoms with Gasteiger partial charge in [0.05, 0.1) is 11.1 Å². The molecule has 2 aromatic heterocycles. The van der Waals surface area contributed by atoms with Crippen LogP contribution < -0.4 is 0 Å². The summed E-state index contributed by atoms with van der Waals surface area (Å²) >= 11 is 15.9. The van der Waals surface area contributed by atoms with E-state index >= 15 is 0 Å². The van der Waals surface area contributed by atoms with Crippen LogP contribution in [0.5, 0.6) is 0 Å². The molecule has 0 spiro atoms. The van der Waals surface area contributed by atoms with Crippen molar-refractivity contribution in [2.24, 2.45) is 0 Å². The third-order valence-electron chi connectivity index (χ3n) is 4.89. The second-order valence-corrected chi connectivity index (χ2v) is 8.60. The smallest absolute Gasteiger partial charge is 0.164 e. The summed E-state index contributed by atoms with van der Waals surface area (Å²) in [6.45, 7) is 0. The van der Waals surface area contributed by atoms with Gasteiger partial charge in [-0.1, -0.05) is 69.5 Å². The van der Waals surface area contributed by atoms with Gasteiger partial charge in [-0.15, -0.1) is 0 Å². The van der Waals surface area contributed by atoms with Gasteiger partial charge in [0.15, 0.2) is 5.65 Å². The summed E-state index contributed by atoms with van der Waals surface area (Å²) in [4.78, 5) is 4.68. The lowest BCUT2D eigenvalue weighted by Crippen LogP contribution is -1.97. The Hall–Kier alpha value is -2.66. The minimum absolute atomic E-state index is 0.647. The van der Waals surface area contributed by atoms with Crippen LogP contribution in [-0.4, -0.2) is 14.8 Å². The van der Waals surface area contributed by atoms with Crippen LogP contribution in [0.4, 0.5) is 0 Å². The molecular formula is C24H14BrCl2N3. The number of fused-ring (bicyclic) bond motifs is 1. The lowest BCUT2D eigenvalue weighted by molar-refractivity contribution is 0.901. The standard InChI is InChI=1S/C24H14BrCl2N3/c25-17-8-4-15(5-9-17)21-12-13-28-24-22(21)23(16-6-10-18(26)11-7-16)29-30(24)20-3-1-2-19(27)14-20/h1-14H. The summed E-state index contributed by atoms with van der Waals surface area (Å²) in [6.07, 6.45) is 1.81. The average molecular weight is 495 g/mol. The normalized spacial score (nSPS) is 11.2. The van der Waals surface area contributed by atoms with Crippen molar-refractivity contribution >= 4 is 50.2 Å². The molecule has 30 heavy (non-hydrogen) atoms. The minimum Gasteiger partial charge on any atom is -0.236 e. The Kier molecular flexibility index (Phi) is 5.07. The molecule has 3 nitrogen and oxygen atoms in total. The van der Waals surface area contributed by atoms with E-state index in [2.05, 4.69) is 33.0 Å². The molecule has 0 atom stereocenters. The van der Waals surface area contributed by atoms with E-state index in [4.69, 9.17) is 28.3 Å². The molecule has 0 unspecified atom stereocenters. The van der Waals surface area contributed by atoms with Gasteiger partial charge >= 0.3 is 0 Å². The molecule has 0 bridgehead atoms. The van der Waals surface area contributed by atoms with Crippen molar-refractivity contribution in [1.82, 2.24) is 14.8 Å². The van der Waals surface area contributed by atoms with Gasteiger partial charge in [-0.25, -0.2) is 9.67 Å². The maximum absolute atomic E-state index is 6.25. The fourth-order valence-corrected chi connectivity index (χ4v) is 4.08. The molecule has 2 heterocycles. The van der Waals surface area contributed by atoms with Crippen LogP contribution in [0.25, 0.3) is 39.1 Å². The Balaban J connectivity index is 1.84. The molecule has 0 radical (unpaired) electrons. The van der Waals surface area contributed by atoms with Crippen LogP contribution in [0.3, 0.4) is 0 Å². The Morgan fingerprint density at radius 2 is 1.50 bits per heavy atom. The van der Waals surface area contributed by atoms with Gasteiger partial charge in [-0.2, -0.15) is 5.10 Å². The van der Waals surface area contributed by atoms with Gasteiger partial charge in [0.25, 0.3) is 0 Å². The first-order valence-electron chi connectivity index (χ1n) is 9.26. The topological polar surface area (TPSA) is 30.7 Å². The largest absolute Gasteiger partial charge is 0.236 e. The van der Waals surface area contributed by atoms with Gasteiger partial charge in [0.1, 0.15) is 5.69 Å². The third-order valence-corrected chi connectivity index (χ3v) is 5.91. The number of aromatic nitrogens is 3. The second-order valence-electron chi connectivity index (χ2n) is 6.81.